The van der Waals surface area contributed by atoms with Crippen molar-refractivity contribution in [2.75, 3.05) is 18.4 Å². The summed E-state index contributed by atoms with van der Waals surface area (Å²) >= 11 is 0. The Kier molecular flexibility index (Phi) is 12.0. The second-order valence-corrected chi connectivity index (χ2v) is 14.8. The molecule has 272 valence electrons. The Balaban J connectivity index is 1.50. The summed E-state index contributed by atoms with van der Waals surface area (Å²) in [6, 6.07) is 13.7. The van der Waals surface area contributed by atoms with Crippen molar-refractivity contribution in [3.63, 3.8) is 0 Å². The van der Waals surface area contributed by atoms with Crippen molar-refractivity contribution in [1.29, 1.82) is 0 Å². The maximum absolute atomic E-state index is 14.2. The Morgan fingerprint density at radius 2 is 1.52 bits per heavy atom. The van der Waals surface area contributed by atoms with E-state index in [0.717, 1.165) is 10.6 Å². The number of carbonyl (C=O) groups excluding carboxylic acids is 5. The molecule has 0 aromatic heterocycles. The van der Waals surface area contributed by atoms with Crippen LogP contribution in [0.5, 0.6) is 0 Å². The van der Waals surface area contributed by atoms with Gasteiger partial charge in [-0.15, -0.1) is 0 Å². The number of ether oxygens (including phenoxy) is 4. The van der Waals surface area contributed by atoms with Crippen molar-refractivity contribution < 1.29 is 42.9 Å². The van der Waals surface area contributed by atoms with E-state index < -0.39 is 53.4 Å². The average molecular weight is 696 g/mol. The number of morpholine rings is 1. The first-order valence-corrected chi connectivity index (χ1v) is 16.7. The predicted octanol–water partition coefficient (Wildman–Crippen LogP) is 5.23. The highest BCUT2D eigenvalue weighted by Crippen LogP contribution is 2.37. The Bertz CT molecular complexity index is 1520. The van der Waals surface area contributed by atoms with E-state index in [4.69, 9.17) is 18.9 Å². The molecule has 3 N–H and O–H groups in total. The lowest BCUT2D eigenvalue weighted by Gasteiger charge is -2.34. The first kappa shape index (κ1) is 38.0. The highest BCUT2D eigenvalue weighted by Gasteiger charge is 2.57. The quantitative estimate of drug-likeness (QED) is 0.171. The molecule has 5 amide bonds. The maximum Gasteiger partial charge on any atom is 0.426 e. The number of anilines is 1. The molecular weight excluding hydrogens is 646 g/mol. The van der Waals surface area contributed by atoms with Gasteiger partial charge in [0.05, 0.1) is 19.1 Å². The summed E-state index contributed by atoms with van der Waals surface area (Å²) in [6.07, 6.45) is -2.43. The van der Waals surface area contributed by atoms with Gasteiger partial charge in [0.25, 0.3) is 11.8 Å². The van der Waals surface area contributed by atoms with E-state index in [0.29, 0.717) is 5.69 Å². The predicted molar refractivity (Wildman–Crippen MR) is 184 cm³/mol. The van der Waals surface area contributed by atoms with Crippen LogP contribution < -0.4 is 16.1 Å². The fraction of sp³-hybridized carbons (Fsp3) is 0.528. The van der Waals surface area contributed by atoms with E-state index >= 15 is 0 Å². The largest absolute Gasteiger partial charge is 0.445 e. The molecule has 2 heterocycles. The summed E-state index contributed by atoms with van der Waals surface area (Å²) < 4.78 is 22.0. The number of hydrogen-bond donors (Lipinski definition) is 3. The first-order valence-electron chi connectivity index (χ1n) is 16.7. The third kappa shape index (κ3) is 11.4. The van der Waals surface area contributed by atoms with Gasteiger partial charge in [-0.05, 0) is 83.7 Å². The van der Waals surface area contributed by atoms with Crippen LogP contribution in [0.3, 0.4) is 0 Å². The van der Waals surface area contributed by atoms with Gasteiger partial charge in [0.15, 0.2) is 0 Å². The fourth-order valence-electron chi connectivity index (χ4n) is 5.40. The molecule has 4 rings (SSSR count). The second-order valence-electron chi connectivity index (χ2n) is 14.8. The third-order valence-electron chi connectivity index (χ3n) is 7.58. The van der Waals surface area contributed by atoms with Crippen LogP contribution >= 0.6 is 0 Å². The minimum atomic E-state index is -1.06. The van der Waals surface area contributed by atoms with Gasteiger partial charge in [0.2, 0.25) is 0 Å². The van der Waals surface area contributed by atoms with Crippen LogP contribution in [0, 0.1) is 5.92 Å². The molecule has 3 unspecified atom stereocenters. The van der Waals surface area contributed by atoms with Crippen LogP contribution in [0.15, 0.2) is 54.6 Å². The maximum atomic E-state index is 14.2. The van der Waals surface area contributed by atoms with Crippen molar-refractivity contribution in [1.82, 2.24) is 20.7 Å². The zero-order chi connectivity index (χ0) is 36.8. The standard InChI is InChI=1S/C36H49N5O9/c1-22(2)18-26(38-30(42)24-14-16-25(17-15-24)37-32(44)49-35(3,4)5)31(43)41(39-33(45)50-36(6,7)8)19-27-29-28(48-29)20-40(27)34(46)47-21-23-12-10-9-11-13-23/h9-17,22,26-29H,18-21H2,1-8H3,(H,37,44)(H,38,42)(H,39,45)/t26-,27?,28?,29?/m0/s1. The Morgan fingerprint density at radius 1 is 0.900 bits per heavy atom. The molecule has 2 aromatic carbocycles. The van der Waals surface area contributed by atoms with Crippen molar-refractivity contribution in [3.05, 3.63) is 65.7 Å². The van der Waals surface area contributed by atoms with Crippen LogP contribution in [0.25, 0.3) is 0 Å². The molecule has 14 heteroatoms. The Hall–Kier alpha value is -4.85. The molecule has 14 nitrogen and oxygen atoms in total. The molecule has 0 radical (unpaired) electrons. The molecule has 2 fully saturated rings. The van der Waals surface area contributed by atoms with Crippen molar-refractivity contribution in [2.24, 2.45) is 5.92 Å². The highest BCUT2D eigenvalue weighted by molar-refractivity contribution is 5.98. The van der Waals surface area contributed by atoms with Crippen molar-refractivity contribution in [2.45, 2.75) is 104 Å². The third-order valence-corrected chi connectivity index (χ3v) is 7.58. The van der Waals surface area contributed by atoms with Crippen LogP contribution in [-0.2, 0) is 30.3 Å². The molecule has 50 heavy (non-hydrogen) atoms. The van der Waals surface area contributed by atoms with E-state index in [1.54, 1.807) is 53.7 Å². The summed E-state index contributed by atoms with van der Waals surface area (Å²) in [5.74, 6) is -1.18. The SMILES string of the molecule is CC(C)C[C@H](NC(=O)c1ccc(NC(=O)OC(C)(C)C)cc1)C(=O)N(CC1C2OC2CN1C(=O)OCc1ccccc1)NC(=O)OC(C)(C)C. The van der Waals surface area contributed by atoms with Gasteiger partial charge in [-0.2, -0.15) is 0 Å². The van der Waals surface area contributed by atoms with Crippen LogP contribution in [-0.4, -0.2) is 88.6 Å². The molecule has 0 spiro atoms. The number of amides is 5. The lowest BCUT2D eigenvalue weighted by atomic mass is 10.0. The lowest BCUT2D eigenvalue weighted by Crippen LogP contribution is -2.59. The number of carbonyl (C=O) groups is 5. The number of benzene rings is 2. The van der Waals surface area contributed by atoms with E-state index in [1.807, 2.05) is 44.2 Å². The zero-order valence-electron chi connectivity index (χ0n) is 30.0. The van der Waals surface area contributed by atoms with Gasteiger partial charge in [-0.25, -0.2) is 24.8 Å². The summed E-state index contributed by atoms with van der Waals surface area (Å²) in [6.45, 7) is 14.3. The van der Waals surface area contributed by atoms with E-state index in [1.165, 1.54) is 17.0 Å². The molecule has 0 saturated carbocycles. The molecule has 4 atom stereocenters. The summed E-state index contributed by atoms with van der Waals surface area (Å²) in [7, 11) is 0. The summed E-state index contributed by atoms with van der Waals surface area (Å²) in [4.78, 5) is 67.5. The minimum absolute atomic E-state index is 0.0277. The van der Waals surface area contributed by atoms with Crippen LogP contribution in [0.2, 0.25) is 0 Å². The molecule has 0 bridgehead atoms. The topological polar surface area (TPSA) is 168 Å². The normalized spacial score (nSPS) is 18.7. The molecular formula is C36H49N5O9. The van der Waals surface area contributed by atoms with E-state index in [9.17, 15) is 24.0 Å². The van der Waals surface area contributed by atoms with Gasteiger partial charge in [-0.1, -0.05) is 44.2 Å². The average Bonchev–Trinajstić information content (AvgIpc) is 3.69. The number of nitrogens with zero attached hydrogens (tertiary/aromatic N) is 2. The van der Waals surface area contributed by atoms with Crippen LogP contribution in [0.4, 0.5) is 20.1 Å². The second kappa shape index (κ2) is 15.8. The van der Waals surface area contributed by atoms with Crippen LogP contribution in [0.1, 0.15) is 77.7 Å². The van der Waals surface area contributed by atoms with Crippen molar-refractivity contribution >= 4 is 35.8 Å². The summed E-state index contributed by atoms with van der Waals surface area (Å²) in [5, 5.41) is 6.51. The summed E-state index contributed by atoms with van der Waals surface area (Å²) in [5.41, 5.74) is 2.49. The van der Waals surface area contributed by atoms with Gasteiger partial charge in [-0.3, -0.25) is 19.8 Å². The Labute approximate surface area is 293 Å². The molecule has 2 aliphatic heterocycles. The number of hydrazine groups is 1. The minimum Gasteiger partial charge on any atom is -0.445 e. The highest BCUT2D eigenvalue weighted by atomic mass is 16.6. The number of rotatable bonds is 10. The molecule has 2 saturated heterocycles. The Morgan fingerprint density at radius 3 is 2.12 bits per heavy atom. The first-order chi connectivity index (χ1) is 23.4. The molecule has 2 aromatic rings. The number of nitrogens with one attached hydrogen (secondary N) is 3. The number of fused-ring (bicyclic) bond motifs is 1. The van der Waals surface area contributed by atoms with Crippen molar-refractivity contribution in [3.8, 4) is 0 Å². The van der Waals surface area contributed by atoms with E-state index in [2.05, 4.69) is 16.1 Å². The molecule has 0 aliphatic carbocycles. The van der Waals surface area contributed by atoms with Gasteiger partial charge >= 0.3 is 18.3 Å². The fourth-order valence-corrected chi connectivity index (χ4v) is 5.40. The van der Waals surface area contributed by atoms with Gasteiger partial charge in [0, 0.05) is 11.3 Å². The monoisotopic (exact) mass is 695 g/mol. The zero-order valence-corrected chi connectivity index (χ0v) is 30.0. The number of hydrogen-bond acceptors (Lipinski definition) is 9. The van der Waals surface area contributed by atoms with E-state index in [-0.39, 0.29) is 49.8 Å². The number of likely N-dealkylation sites (tertiary alicyclic amines) is 1. The lowest BCUT2D eigenvalue weighted by molar-refractivity contribution is -0.138. The van der Waals surface area contributed by atoms with Gasteiger partial charge in [0.1, 0.15) is 36.1 Å². The smallest absolute Gasteiger partial charge is 0.426 e. The van der Waals surface area contributed by atoms with Gasteiger partial charge < -0.3 is 24.3 Å². The number of epoxide rings is 1. The molecule has 2 aliphatic rings.